The second kappa shape index (κ2) is 4.58. The van der Waals surface area contributed by atoms with Crippen molar-refractivity contribution in [3.63, 3.8) is 0 Å². The van der Waals surface area contributed by atoms with Crippen molar-refractivity contribution in [2.24, 2.45) is 5.73 Å². The van der Waals surface area contributed by atoms with Crippen molar-refractivity contribution in [3.05, 3.63) is 0 Å². The van der Waals surface area contributed by atoms with Gasteiger partial charge in [-0.15, -0.1) is 0 Å². The molecule has 1 aliphatic carbocycles. The van der Waals surface area contributed by atoms with Crippen LogP contribution in [-0.4, -0.2) is 40.9 Å². The standard InChI is InChI=1S/C4H9N3.C3H7N.Pt/c1-6-3-5-7(2)4-6;4-3-1-2-3;/h5H,4H2,1-2H3;3H,1-2,4H2;. The minimum Gasteiger partial charge on any atom is -0.328 e. The molecule has 0 bridgehead atoms. The van der Waals surface area contributed by atoms with E-state index in [1.807, 2.05) is 12.1 Å². The normalized spacial score (nSPS) is 25.6. The molecule has 0 amide bonds. The second-order valence-electron chi connectivity index (χ2n) is 3.25. The molecule has 74 valence electrons. The van der Waals surface area contributed by atoms with Crippen LogP contribution >= 0.6 is 0 Å². The fraction of sp³-hybridized carbons (Fsp3) is 0.857. The largest absolute Gasteiger partial charge is 0.328 e. The molecule has 0 atom stereocenters. The molecule has 1 aliphatic heterocycles. The smallest absolute Gasteiger partial charge is 0.00399 e. The number of hydrogen-bond donors (Lipinski definition) is 2. The Kier molecular flexibility index (Phi) is 4.00. The number of nitrogens with zero attached hydrogens (tertiary/aromatic N) is 2. The summed E-state index contributed by atoms with van der Waals surface area (Å²) in [6.45, 7) is 0.971. The van der Waals surface area contributed by atoms with Crippen LogP contribution in [0.15, 0.2) is 0 Å². The second-order valence-corrected chi connectivity index (χ2v) is 4.32. The zero-order chi connectivity index (χ0) is 9.14. The molecule has 0 aromatic carbocycles. The van der Waals surface area contributed by atoms with Crippen molar-refractivity contribution in [2.75, 3.05) is 20.8 Å². The van der Waals surface area contributed by atoms with Crippen LogP contribution in [0.25, 0.3) is 0 Å². The van der Waals surface area contributed by atoms with Gasteiger partial charge in [-0.3, -0.25) is 0 Å². The first-order valence-electron chi connectivity index (χ1n) is 4.03. The number of nitrogens with two attached hydrogens (primary N) is 1. The van der Waals surface area contributed by atoms with E-state index in [4.69, 9.17) is 5.73 Å². The Bertz CT molecular complexity index is 169. The molecule has 2 rings (SSSR count). The molecule has 0 aromatic heterocycles. The van der Waals surface area contributed by atoms with Crippen LogP contribution in [0.5, 0.6) is 0 Å². The Labute approximate surface area is 84.5 Å². The summed E-state index contributed by atoms with van der Waals surface area (Å²) in [7, 11) is 4.07. The predicted octanol–water partition coefficient (Wildman–Crippen LogP) is -0.933. The van der Waals surface area contributed by atoms with E-state index in [0.717, 1.165) is 6.67 Å². The molecule has 0 radical (unpaired) electrons. The molecule has 2 aliphatic rings. The summed E-state index contributed by atoms with van der Waals surface area (Å²) in [5.41, 5.74) is 8.35. The van der Waals surface area contributed by atoms with Crippen LogP contribution in [0.2, 0.25) is 0 Å². The summed E-state index contributed by atoms with van der Waals surface area (Å²) in [4.78, 5) is 2.14. The Morgan fingerprint density at radius 1 is 1.50 bits per heavy atom. The van der Waals surface area contributed by atoms with E-state index in [0.29, 0.717) is 6.04 Å². The molecule has 1 saturated carbocycles. The maximum absolute atomic E-state index is 5.22. The van der Waals surface area contributed by atoms with E-state index in [2.05, 4.69) is 36.7 Å². The third-order valence-electron chi connectivity index (χ3n) is 1.63. The van der Waals surface area contributed by atoms with Gasteiger partial charge in [0.05, 0.1) is 0 Å². The summed E-state index contributed by atoms with van der Waals surface area (Å²) in [6.07, 6.45) is 2.53. The summed E-state index contributed by atoms with van der Waals surface area (Å²) in [5, 5.41) is 2.03. The van der Waals surface area contributed by atoms with E-state index < -0.39 is 0 Å². The number of rotatable bonds is 0. The van der Waals surface area contributed by atoms with E-state index in [9.17, 15) is 0 Å². The fourth-order valence-electron chi connectivity index (χ4n) is 0.739. The van der Waals surface area contributed by atoms with E-state index >= 15 is 0 Å². The van der Waals surface area contributed by atoms with Crippen LogP contribution in [0.4, 0.5) is 0 Å². The van der Waals surface area contributed by atoms with Crippen LogP contribution in [0.1, 0.15) is 12.8 Å². The minimum atomic E-state index is 0.583. The molecule has 3 N–H and O–H groups in total. The molecule has 4 nitrogen and oxygen atoms in total. The van der Waals surface area contributed by atoms with Crippen molar-refractivity contribution >= 4 is 4.15 Å². The predicted molar refractivity (Wildman–Crippen MR) is 45.7 cm³/mol. The van der Waals surface area contributed by atoms with Gasteiger partial charge in [0.15, 0.2) is 0 Å². The first kappa shape index (κ1) is 10.5. The molecule has 0 unspecified atom stereocenters. The molecule has 0 spiro atoms. The van der Waals surface area contributed by atoms with Gasteiger partial charge in [-0.1, -0.05) is 0 Å². The molecular weight excluding hydrogens is 335 g/mol. The van der Waals surface area contributed by atoms with Crippen molar-refractivity contribution in [1.82, 2.24) is 15.3 Å². The number of hydrogen-bond acceptors (Lipinski definition) is 4. The Hall–Kier alpha value is 0.398. The van der Waals surface area contributed by atoms with Gasteiger partial charge >= 0.3 is 59.6 Å². The van der Waals surface area contributed by atoms with Gasteiger partial charge < -0.3 is 5.73 Å². The van der Waals surface area contributed by atoms with Gasteiger partial charge in [0.1, 0.15) is 0 Å². The number of hydrazine groups is 1. The van der Waals surface area contributed by atoms with E-state index in [1.54, 1.807) is 0 Å². The van der Waals surface area contributed by atoms with Gasteiger partial charge in [-0.2, -0.15) is 0 Å². The van der Waals surface area contributed by atoms with Crippen LogP contribution in [0, 0.1) is 0 Å². The van der Waals surface area contributed by atoms with E-state index in [1.165, 1.54) is 17.0 Å². The van der Waals surface area contributed by atoms with Crippen molar-refractivity contribution < 1.29 is 19.4 Å². The monoisotopic (exact) mass is 351 g/mol. The average Bonchev–Trinajstić information content (AvgIpc) is 2.66. The fourth-order valence-corrected chi connectivity index (χ4v) is 1.33. The first-order valence-corrected chi connectivity index (χ1v) is 5.17. The van der Waals surface area contributed by atoms with Gasteiger partial charge in [-0.25, -0.2) is 0 Å². The van der Waals surface area contributed by atoms with E-state index in [-0.39, 0.29) is 0 Å². The molecule has 1 saturated heterocycles. The van der Waals surface area contributed by atoms with Gasteiger partial charge in [0.25, 0.3) is 0 Å². The van der Waals surface area contributed by atoms with Crippen LogP contribution in [-0.2, 0) is 19.4 Å². The van der Waals surface area contributed by atoms with Crippen molar-refractivity contribution in [2.45, 2.75) is 18.9 Å². The first-order chi connectivity index (χ1) is 5.59. The topological polar surface area (TPSA) is 44.5 Å². The molecular formula is C7H16N4Pt. The molecule has 1 heterocycles. The van der Waals surface area contributed by atoms with Gasteiger partial charge in [0.2, 0.25) is 0 Å². The maximum atomic E-state index is 5.22. The number of nitrogens with one attached hydrogen (secondary N) is 1. The quantitative estimate of drug-likeness (QED) is 0.592. The maximum Gasteiger partial charge on any atom is 0.00399 e. The summed E-state index contributed by atoms with van der Waals surface area (Å²) < 4.78 is 1.19. The zero-order valence-electron chi connectivity index (χ0n) is 7.49. The molecule has 5 heteroatoms. The Balaban J connectivity index is 0.000000150. The zero-order valence-corrected chi connectivity index (χ0v) is 9.76. The molecule has 12 heavy (non-hydrogen) atoms. The molecule has 0 aromatic rings. The van der Waals surface area contributed by atoms with Crippen LogP contribution in [0.3, 0.4) is 0 Å². The summed E-state index contributed by atoms with van der Waals surface area (Å²) in [6, 6.07) is 0.583. The SMILES string of the molecule is CN1CN(C)[C](=[Pt])N1.NC1CC1. The minimum absolute atomic E-state index is 0.583. The van der Waals surface area contributed by atoms with Gasteiger partial charge in [0, 0.05) is 6.04 Å². The van der Waals surface area contributed by atoms with Crippen molar-refractivity contribution in [3.8, 4) is 0 Å². The Morgan fingerprint density at radius 2 is 2.00 bits per heavy atom. The third-order valence-corrected chi connectivity index (χ3v) is 2.76. The third kappa shape index (κ3) is 3.87. The van der Waals surface area contributed by atoms with Gasteiger partial charge in [-0.05, 0) is 12.8 Å². The summed E-state index contributed by atoms with van der Waals surface area (Å²) in [5.74, 6) is 0. The summed E-state index contributed by atoms with van der Waals surface area (Å²) >= 11 is 2.25. The molecule has 2 fully saturated rings. The Morgan fingerprint density at radius 3 is 2.08 bits per heavy atom. The van der Waals surface area contributed by atoms with Crippen molar-refractivity contribution in [1.29, 1.82) is 0 Å². The average molecular weight is 351 g/mol. The van der Waals surface area contributed by atoms with Crippen LogP contribution < -0.4 is 11.2 Å².